The number of anilines is 1. The Morgan fingerprint density at radius 3 is 2.55 bits per heavy atom. The molecule has 2 aromatic rings. The lowest BCUT2D eigenvalue weighted by atomic mass is 10.0. The quantitative estimate of drug-likeness (QED) is 0.532. The molecular formula is C25H29N3O5. The zero-order valence-corrected chi connectivity index (χ0v) is 18.7. The topological polar surface area (TPSA) is 117 Å². The van der Waals surface area contributed by atoms with E-state index in [1.54, 1.807) is 26.0 Å². The fraction of sp³-hybridized carbons (Fsp3) is 0.320. The van der Waals surface area contributed by atoms with Gasteiger partial charge in [0, 0.05) is 11.8 Å². The lowest BCUT2D eigenvalue weighted by Crippen LogP contribution is -2.47. The number of fused-ring (bicyclic) bond motifs is 1. The molecule has 8 nitrogen and oxygen atoms in total. The number of hydrogen-bond acceptors (Lipinski definition) is 5. The van der Waals surface area contributed by atoms with Gasteiger partial charge >= 0.3 is 0 Å². The van der Waals surface area contributed by atoms with E-state index in [9.17, 15) is 19.5 Å². The van der Waals surface area contributed by atoms with Gasteiger partial charge in [-0.1, -0.05) is 55.5 Å². The van der Waals surface area contributed by atoms with E-state index in [1.807, 2.05) is 42.5 Å². The van der Waals surface area contributed by atoms with Gasteiger partial charge in [-0.3, -0.25) is 14.4 Å². The minimum atomic E-state index is -1.01. The molecule has 3 rings (SSSR count). The fourth-order valence-corrected chi connectivity index (χ4v) is 3.26. The van der Waals surface area contributed by atoms with Gasteiger partial charge in [0.1, 0.15) is 18.4 Å². The molecule has 0 saturated heterocycles. The molecule has 0 aromatic heterocycles. The molecule has 0 saturated carbocycles. The minimum Gasteiger partial charge on any atom is -0.489 e. The van der Waals surface area contributed by atoms with Crippen LogP contribution in [0.5, 0.6) is 5.75 Å². The zero-order chi connectivity index (χ0) is 23.8. The maximum Gasteiger partial charge on any atom is 0.246 e. The molecule has 33 heavy (non-hydrogen) atoms. The minimum absolute atomic E-state index is 0.286. The van der Waals surface area contributed by atoms with Crippen LogP contribution in [0.2, 0.25) is 0 Å². The molecule has 174 valence electrons. The highest BCUT2D eigenvalue weighted by atomic mass is 16.5. The van der Waals surface area contributed by atoms with E-state index in [-0.39, 0.29) is 6.54 Å². The molecule has 8 heteroatoms. The third-order valence-corrected chi connectivity index (χ3v) is 5.38. The van der Waals surface area contributed by atoms with Crippen LogP contribution in [0, 0.1) is 5.92 Å². The summed E-state index contributed by atoms with van der Waals surface area (Å²) in [6, 6.07) is 14.3. The number of aliphatic hydroxyl groups excluding tert-OH is 1. The van der Waals surface area contributed by atoms with Crippen LogP contribution in [0.25, 0.3) is 0 Å². The zero-order valence-electron chi connectivity index (χ0n) is 18.7. The molecule has 3 atom stereocenters. The van der Waals surface area contributed by atoms with E-state index >= 15 is 0 Å². The number of aliphatic hydroxyl groups is 1. The molecule has 0 bridgehead atoms. The highest BCUT2D eigenvalue weighted by Gasteiger charge is 2.22. The van der Waals surface area contributed by atoms with Gasteiger partial charge in [-0.25, -0.2) is 0 Å². The van der Waals surface area contributed by atoms with Crippen LogP contribution in [-0.2, 0) is 27.4 Å². The maximum atomic E-state index is 12.7. The van der Waals surface area contributed by atoms with Crippen molar-refractivity contribution in [1.29, 1.82) is 0 Å². The summed E-state index contributed by atoms with van der Waals surface area (Å²) in [5.74, 6) is -1.50. The Morgan fingerprint density at radius 2 is 1.79 bits per heavy atom. The number of amides is 3. The van der Waals surface area contributed by atoms with Gasteiger partial charge in [0.2, 0.25) is 17.7 Å². The fourth-order valence-electron chi connectivity index (χ4n) is 3.26. The van der Waals surface area contributed by atoms with Crippen LogP contribution in [0.1, 0.15) is 25.0 Å². The lowest BCUT2D eigenvalue weighted by Gasteiger charge is -2.17. The van der Waals surface area contributed by atoms with Crippen LogP contribution < -0.4 is 20.7 Å². The van der Waals surface area contributed by atoms with E-state index in [1.165, 1.54) is 6.08 Å². The first-order valence-electron chi connectivity index (χ1n) is 10.9. The van der Waals surface area contributed by atoms with Gasteiger partial charge in [-0.2, -0.15) is 0 Å². The smallest absolute Gasteiger partial charge is 0.246 e. The van der Waals surface area contributed by atoms with Gasteiger partial charge in [-0.15, -0.1) is 0 Å². The molecule has 1 aliphatic rings. The summed E-state index contributed by atoms with van der Waals surface area (Å²) in [5, 5.41) is 18.2. The molecular weight excluding hydrogens is 422 g/mol. The van der Waals surface area contributed by atoms with Crippen molar-refractivity contribution in [3.63, 3.8) is 0 Å². The number of allylic oxidation sites excluding steroid dienone is 1. The van der Waals surface area contributed by atoms with Crippen molar-refractivity contribution >= 4 is 23.4 Å². The van der Waals surface area contributed by atoms with Crippen molar-refractivity contribution in [2.75, 3.05) is 11.9 Å². The van der Waals surface area contributed by atoms with E-state index < -0.39 is 35.8 Å². The Hall–Kier alpha value is -3.65. The molecule has 0 unspecified atom stereocenters. The molecule has 4 N–H and O–H groups in total. The van der Waals surface area contributed by atoms with Gasteiger partial charge in [0.15, 0.2) is 0 Å². The summed E-state index contributed by atoms with van der Waals surface area (Å²) in [5.41, 5.74) is 2.36. The Morgan fingerprint density at radius 1 is 1.03 bits per heavy atom. The Labute approximate surface area is 193 Å². The summed E-state index contributed by atoms with van der Waals surface area (Å²) in [7, 11) is 0. The van der Waals surface area contributed by atoms with E-state index in [0.717, 1.165) is 11.1 Å². The van der Waals surface area contributed by atoms with Crippen molar-refractivity contribution in [1.82, 2.24) is 10.6 Å². The molecule has 0 radical (unpaired) electrons. The van der Waals surface area contributed by atoms with Crippen molar-refractivity contribution in [3.05, 3.63) is 71.8 Å². The molecule has 0 spiro atoms. The number of carbonyl (C=O) groups is 3. The molecule has 0 aliphatic carbocycles. The van der Waals surface area contributed by atoms with E-state index in [4.69, 9.17) is 4.74 Å². The Bertz CT molecular complexity index is 1020. The lowest BCUT2D eigenvalue weighted by molar-refractivity contribution is -0.130. The number of nitrogens with one attached hydrogen (secondary N) is 3. The standard InChI is InChI=1S/C25H29N3O5/c1-16-22(29)10-6-9-19-11-12-20(33-15-18-7-4-3-5-8-18)13-21(19)28-25(32)17(2)27-23(30)14-26-24(16)31/h3-8,10-13,16-17,22,29H,9,14-15H2,1-2H3,(H,26,31)(H,27,30)(H,28,32)/b10-6-/t16-,17+,22-/m0/s1. The largest absolute Gasteiger partial charge is 0.489 e. The van der Waals surface area contributed by atoms with Crippen LogP contribution in [0.3, 0.4) is 0 Å². The van der Waals surface area contributed by atoms with Crippen LogP contribution >= 0.6 is 0 Å². The molecule has 3 amide bonds. The van der Waals surface area contributed by atoms with Gasteiger partial charge in [0.25, 0.3) is 0 Å². The first-order valence-corrected chi connectivity index (χ1v) is 10.9. The van der Waals surface area contributed by atoms with Crippen LogP contribution in [0.15, 0.2) is 60.7 Å². The summed E-state index contributed by atoms with van der Waals surface area (Å²) in [6.07, 6.45) is 2.69. The second kappa shape index (κ2) is 11.3. The maximum absolute atomic E-state index is 12.7. The van der Waals surface area contributed by atoms with Crippen LogP contribution in [0.4, 0.5) is 5.69 Å². The third kappa shape index (κ3) is 6.92. The highest BCUT2D eigenvalue weighted by molar-refractivity contribution is 5.98. The predicted molar refractivity (Wildman–Crippen MR) is 124 cm³/mol. The van der Waals surface area contributed by atoms with Gasteiger partial charge in [0.05, 0.1) is 18.6 Å². The third-order valence-electron chi connectivity index (χ3n) is 5.38. The molecule has 2 aromatic carbocycles. The van der Waals surface area contributed by atoms with Gasteiger partial charge in [-0.05, 0) is 30.5 Å². The number of hydrogen-bond donors (Lipinski definition) is 4. The normalized spacial score (nSPS) is 23.1. The molecule has 0 fully saturated rings. The highest BCUT2D eigenvalue weighted by Crippen LogP contribution is 2.25. The Kier molecular flexibility index (Phi) is 8.21. The van der Waals surface area contributed by atoms with E-state index in [2.05, 4.69) is 16.0 Å². The van der Waals surface area contributed by atoms with Crippen molar-refractivity contribution in [3.8, 4) is 5.75 Å². The summed E-state index contributed by atoms with van der Waals surface area (Å²) < 4.78 is 5.88. The van der Waals surface area contributed by atoms with Crippen LogP contribution in [-0.4, -0.2) is 41.5 Å². The average molecular weight is 452 g/mol. The van der Waals surface area contributed by atoms with Crippen molar-refractivity contribution < 1.29 is 24.2 Å². The van der Waals surface area contributed by atoms with E-state index in [0.29, 0.717) is 24.5 Å². The van der Waals surface area contributed by atoms with Crippen molar-refractivity contribution in [2.24, 2.45) is 5.92 Å². The molecule has 1 heterocycles. The summed E-state index contributed by atoms with van der Waals surface area (Å²) in [4.78, 5) is 37.0. The van der Waals surface area contributed by atoms with Gasteiger partial charge < -0.3 is 25.8 Å². The first kappa shape index (κ1) is 24.0. The molecule has 1 aliphatic heterocycles. The number of rotatable bonds is 3. The second-order valence-corrected chi connectivity index (χ2v) is 8.00. The Balaban J connectivity index is 1.84. The SMILES string of the molecule is C[C@@H]1C(=O)NCC(=O)N[C@H](C)C(=O)Nc2cc(OCc3ccccc3)ccc2C/C=C\[C@@H]1O. The first-order chi connectivity index (χ1) is 15.8. The second-order valence-electron chi connectivity index (χ2n) is 8.00. The van der Waals surface area contributed by atoms with Crippen molar-refractivity contribution in [2.45, 2.75) is 39.0 Å². The summed E-state index contributed by atoms with van der Waals surface area (Å²) >= 11 is 0. The average Bonchev–Trinajstić information content (AvgIpc) is 2.81. The predicted octanol–water partition coefficient (Wildman–Crippen LogP) is 1.93. The number of ether oxygens (including phenoxy) is 1. The monoisotopic (exact) mass is 451 g/mol. The summed E-state index contributed by atoms with van der Waals surface area (Å²) in [6.45, 7) is 3.24. The number of benzene rings is 2. The number of carbonyl (C=O) groups excluding carboxylic acids is 3.